The lowest BCUT2D eigenvalue weighted by molar-refractivity contribution is 0.668. The number of hydrogen-bond acceptors (Lipinski definition) is 2. The van der Waals surface area contributed by atoms with Crippen LogP contribution in [0.5, 0.6) is 0 Å². The summed E-state index contributed by atoms with van der Waals surface area (Å²) in [7, 11) is 0. The molecule has 0 bridgehead atoms. The third kappa shape index (κ3) is 7.43. The van der Waals surface area contributed by atoms with Gasteiger partial charge in [-0.15, -0.1) is 22.7 Å². The van der Waals surface area contributed by atoms with Gasteiger partial charge in [-0.05, 0) is 103 Å². The van der Waals surface area contributed by atoms with E-state index in [-0.39, 0.29) is 0 Å². The zero-order valence-electron chi connectivity index (χ0n) is 21.4. The Morgan fingerprint density at radius 3 is 1.22 bits per heavy atom. The highest BCUT2D eigenvalue weighted by molar-refractivity contribution is 9.11. The maximum atomic E-state index is 3.72. The van der Waals surface area contributed by atoms with Crippen LogP contribution in [0.2, 0.25) is 0 Å². The Morgan fingerprint density at radius 2 is 0.861 bits per heavy atom. The minimum atomic E-state index is 1.17. The topological polar surface area (TPSA) is 0 Å². The van der Waals surface area contributed by atoms with Crippen LogP contribution in [0.15, 0.2) is 68.2 Å². The first-order valence-corrected chi connectivity index (χ1v) is 16.6. The molecule has 4 aromatic rings. The zero-order chi connectivity index (χ0) is 25.3. The van der Waals surface area contributed by atoms with E-state index in [1.165, 1.54) is 115 Å². The highest BCUT2D eigenvalue weighted by atomic mass is 79.9. The molecule has 0 amide bonds. The van der Waals surface area contributed by atoms with Gasteiger partial charge in [0.25, 0.3) is 0 Å². The van der Waals surface area contributed by atoms with Crippen LogP contribution in [0.25, 0.3) is 32.0 Å². The molecule has 0 atom stereocenters. The van der Waals surface area contributed by atoms with Gasteiger partial charge in [-0.3, -0.25) is 0 Å². The molecule has 0 spiro atoms. The summed E-state index contributed by atoms with van der Waals surface area (Å²) in [4.78, 5) is 2.82. The van der Waals surface area contributed by atoms with Gasteiger partial charge in [0, 0.05) is 9.75 Å². The van der Waals surface area contributed by atoms with Gasteiger partial charge in [-0.25, -0.2) is 0 Å². The Hall–Kier alpha value is -1.20. The van der Waals surface area contributed by atoms with Gasteiger partial charge in [0.1, 0.15) is 0 Å². The molecule has 4 rings (SSSR count). The van der Waals surface area contributed by atoms with E-state index < -0.39 is 0 Å². The number of unbranched alkanes of at least 4 members (excludes halogenated alkanes) is 6. The second-order valence-electron chi connectivity index (χ2n) is 9.59. The van der Waals surface area contributed by atoms with E-state index in [2.05, 4.69) is 106 Å². The molecule has 0 unspecified atom stereocenters. The van der Waals surface area contributed by atoms with Crippen molar-refractivity contribution in [1.29, 1.82) is 0 Å². The molecule has 0 saturated heterocycles. The van der Waals surface area contributed by atoms with Crippen LogP contribution in [0.4, 0.5) is 0 Å². The second-order valence-corrected chi connectivity index (χ2v) is 14.4. The molecule has 0 radical (unpaired) electrons. The van der Waals surface area contributed by atoms with Gasteiger partial charge < -0.3 is 0 Å². The van der Waals surface area contributed by atoms with Gasteiger partial charge >= 0.3 is 0 Å². The average Bonchev–Trinajstić information content (AvgIpc) is 3.46. The summed E-state index contributed by atoms with van der Waals surface area (Å²) in [6.45, 7) is 4.55. The van der Waals surface area contributed by atoms with Crippen LogP contribution in [0.1, 0.15) is 76.3 Å². The smallest absolute Gasteiger partial charge is 0.0707 e. The minimum Gasteiger partial charge on any atom is -0.128 e. The number of aryl methyl sites for hydroxylation is 2. The monoisotopic (exact) mass is 642 g/mol. The highest BCUT2D eigenvalue weighted by Gasteiger charge is 2.12. The lowest BCUT2D eigenvalue weighted by Crippen LogP contribution is -1.87. The van der Waals surface area contributed by atoms with Crippen molar-refractivity contribution in [1.82, 2.24) is 0 Å². The van der Waals surface area contributed by atoms with Crippen molar-refractivity contribution in [3.63, 3.8) is 0 Å². The fraction of sp³-hybridized carbons (Fsp3) is 0.375. The normalized spacial score (nSPS) is 11.3. The number of hydrogen-bond donors (Lipinski definition) is 0. The Bertz CT molecular complexity index is 1120. The molecular weight excluding hydrogens is 608 g/mol. The molecule has 0 fully saturated rings. The zero-order valence-corrected chi connectivity index (χ0v) is 26.2. The summed E-state index contributed by atoms with van der Waals surface area (Å²) in [6, 6.07) is 22.9. The van der Waals surface area contributed by atoms with E-state index >= 15 is 0 Å². The summed E-state index contributed by atoms with van der Waals surface area (Å²) in [5.74, 6) is 0. The Balaban J connectivity index is 1.47. The van der Waals surface area contributed by atoms with E-state index in [1.54, 1.807) is 0 Å². The number of halogens is 2. The average molecular weight is 645 g/mol. The molecule has 4 heteroatoms. The van der Waals surface area contributed by atoms with Crippen LogP contribution in [-0.2, 0) is 12.8 Å². The quantitative estimate of drug-likeness (QED) is 0.127. The Labute approximate surface area is 242 Å². The lowest BCUT2D eigenvalue weighted by atomic mass is 9.98. The van der Waals surface area contributed by atoms with Gasteiger partial charge in [-0.1, -0.05) is 101 Å². The summed E-state index contributed by atoms with van der Waals surface area (Å²) in [5, 5.41) is 0. The molecule has 190 valence electrons. The maximum absolute atomic E-state index is 3.72. The molecule has 36 heavy (non-hydrogen) atoms. The molecule has 2 aromatic carbocycles. The van der Waals surface area contributed by atoms with Crippen molar-refractivity contribution in [3.05, 3.63) is 79.4 Å². The molecular formula is C32H36Br2S2. The van der Waals surface area contributed by atoms with Gasteiger partial charge in [-0.2, -0.15) is 0 Å². The van der Waals surface area contributed by atoms with Crippen LogP contribution in [0, 0.1) is 0 Å². The van der Waals surface area contributed by atoms with Gasteiger partial charge in [0.15, 0.2) is 0 Å². The first-order chi connectivity index (χ1) is 17.6. The van der Waals surface area contributed by atoms with E-state index in [0.717, 1.165) is 0 Å². The molecule has 0 N–H and O–H groups in total. The second kappa shape index (κ2) is 14.1. The lowest BCUT2D eigenvalue weighted by Gasteiger charge is -2.08. The summed E-state index contributed by atoms with van der Waals surface area (Å²) >= 11 is 11.2. The fourth-order valence-electron chi connectivity index (χ4n) is 4.76. The number of benzene rings is 2. The van der Waals surface area contributed by atoms with Crippen molar-refractivity contribution in [3.8, 4) is 32.0 Å². The fourth-order valence-corrected chi connectivity index (χ4v) is 8.17. The van der Waals surface area contributed by atoms with Gasteiger partial charge in [0.2, 0.25) is 0 Å². The summed E-state index contributed by atoms with van der Waals surface area (Å²) < 4.78 is 2.46. The molecule has 2 aromatic heterocycles. The van der Waals surface area contributed by atoms with E-state index in [1.807, 2.05) is 22.7 Å². The van der Waals surface area contributed by atoms with Gasteiger partial charge in [0.05, 0.1) is 7.57 Å². The summed E-state index contributed by atoms with van der Waals surface area (Å²) in [5.41, 5.74) is 8.16. The molecule has 0 aliphatic heterocycles. The van der Waals surface area contributed by atoms with Crippen LogP contribution < -0.4 is 0 Å². The standard InChI is InChI=1S/C32H36Br2S2/c1-3-5-7-9-11-27-21-29(33)35-31(27)25-17-13-23(14-18-25)24-15-19-26(20-16-24)32-28(22-30(34)36-32)12-10-8-6-4-2/h13-22H,3-12H2,1-2H3. The van der Waals surface area contributed by atoms with Crippen molar-refractivity contribution < 1.29 is 0 Å². The van der Waals surface area contributed by atoms with E-state index in [4.69, 9.17) is 0 Å². The first-order valence-electron chi connectivity index (χ1n) is 13.4. The largest absolute Gasteiger partial charge is 0.128 e. The van der Waals surface area contributed by atoms with Crippen LogP contribution >= 0.6 is 54.5 Å². The molecule has 0 aliphatic carbocycles. The Kier molecular flexibility index (Phi) is 10.9. The Morgan fingerprint density at radius 1 is 0.500 bits per heavy atom. The first kappa shape index (κ1) is 27.8. The molecule has 2 heterocycles. The van der Waals surface area contributed by atoms with E-state index in [0.29, 0.717) is 0 Å². The van der Waals surface area contributed by atoms with Crippen LogP contribution in [-0.4, -0.2) is 0 Å². The SMILES string of the molecule is CCCCCCc1cc(Br)sc1-c1ccc(-c2ccc(-c3sc(Br)cc3CCCCCC)cc2)cc1. The third-order valence-corrected chi connectivity index (χ3v) is 10.2. The van der Waals surface area contributed by atoms with Crippen molar-refractivity contribution in [2.45, 2.75) is 78.1 Å². The molecule has 0 aliphatic rings. The van der Waals surface area contributed by atoms with Crippen molar-refractivity contribution >= 4 is 54.5 Å². The molecule has 0 saturated carbocycles. The maximum Gasteiger partial charge on any atom is 0.0707 e. The highest BCUT2D eigenvalue weighted by Crippen LogP contribution is 2.39. The van der Waals surface area contributed by atoms with Crippen molar-refractivity contribution in [2.24, 2.45) is 0 Å². The third-order valence-electron chi connectivity index (χ3n) is 6.78. The van der Waals surface area contributed by atoms with Crippen LogP contribution in [0.3, 0.4) is 0 Å². The molecule has 0 nitrogen and oxygen atoms in total. The predicted molar refractivity (Wildman–Crippen MR) is 170 cm³/mol. The minimum absolute atomic E-state index is 1.17. The summed E-state index contributed by atoms with van der Waals surface area (Å²) in [6.07, 6.45) is 12.8. The number of rotatable bonds is 13. The van der Waals surface area contributed by atoms with E-state index in [9.17, 15) is 0 Å². The number of thiophene rings is 2. The predicted octanol–water partition coefficient (Wildman–Crippen LogP) is 12.6. The van der Waals surface area contributed by atoms with Crippen molar-refractivity contribution in [2.75, 3.05) is 0 Å².